The maximum absolute atomic E-state index is 10.6. The number of nitrogen functional groups attached to an aromatic ring is 1. The minimum Gasteiger partial charge on any atom is -0.464 e. The van der Waals surface area contributed by atoms with Gasteiger partial charge in [0, 0.05) is 22.7 Å². The van der Waals surface area contributed by atoms with Gasteiger partial charge in [0.1, 0.15) is 17.5 Å². The van der Waals surface area contributed by atoms with Gasteiger partial charge in [-0.25, -0.2) is 4.98 Å². The smallest absolute Gasteiger partial charge is 0.134 e. The molecule has 0 aliphatic rings. The van der Waals surface area contributed by atoms with Crippen LogP contribution in [0.5, 0.6) is 0 Å². The number of rotatable bonds is 2. The number of anilines is 1. The number of furan rings is 1. The van der Waals surface area contributed by atoms with Gasteiger partial charge in [-0.2, -0.15) is 0 Å². The number of aromatic nitrogens is 1. The molecule has 1 unspecified atom stereocenters. The van der Waals surface area contributed by atoms with Gasteiger partial charge < -0.3 is 15.3 Å². The first-order valence-corrected chi connectivity index (χ1v) is 6.03. The van der Waals surface area contributed by atoms with Gasteiger partial charge in [0.05, 0.1) is 6.26 Å². The summed E-state index contributed by atoms with van der Waals surface area (Å²) in [5, 5.41) is 11.4. The molecule has 1 atom stereocenters. The summed E-state index contributed by atoms with van der Waals surface area (Å²) in [7, 11) is 0. The molecule has 0 spiro atoms. The number of aliphatic hydroxyl groups is 1. The zero-order valence-corrected chi connectivity index (χ0v) is 10.5. The number of hydrogen-bond acceptors (Lipinski definition) is 4. The van der Waals surface area contributed by atoms with Crippen molar-refractivity contribution in [2.45, 2.75) is 13.0 Å². The van der Waals surface area contributed by atoms with E-state index >= 15 is 0 Å². The number of benzene rings is 1. The summed E-state index contributed by atoms with van der Waals surface area (Å²) >= 11 is 0. The number of para-hydroxylation sites is 1. The zero-order chi connectivity index (χ0) is 13.4. The highest BCUT2D eigenvalue weighted by atomic mass is 16.3. The number of fused-ring (bicyclic) bond motifs is 1. The molecule has 0 aliphatic carbocycles. The van der Waals surface area contributed by atoms with Crippen molar-refractivity contribution >= 4 is 16.8 Å². The third-order valence-electron chi connectivity index (χ3n) is 3.32. The Labute approximate surface area is 110 Å². The van der Waals surface area contributed by atoms with E-state index in [4.69, 9.17) is 10.2 Å². The Bertz CT molecular complexity index is 714. The average molecular weight is 254 g/mol. The Kier molecular flexibility index (Phi) is 2.72. The van der Waals surface area contributed by atoms with E-state index in [2.05, 4.69) is 4.98 Å². The second kappa shape index (κ2) is 4.40. The number of aliphatic hydroxyl groups excluding tert-OH is 1. The Hall–Kier alpha value is -2.33. The third-order valence-corrected chi connectivity index (χ3v) is 3.32. The summed E-state index contributed by atoms with van der Waals surface area (Å²) in [6.07, 6.45) is 2.37. The van der Waals surface area contributed by atoms with Crippen molar-refractivity contribution in [2.24, 2.45) is 0 Å². The maximum atomic E-state index is 10.6. The van der Waals surface area contributed by atoms with E-state index in [1.165, 1.54) is 0 Å². The van der Waals surface area contributed by atoms with Crippen LogP contribution in [0.15, 0.2) is 47.2 Å². The molecule has 4 heteroatoms. The molecule has 3 rings (SSSR count). The zero-order valence-electron chi connectivity index (χ0n) is 10.5. The van der Waals surface area contributed by atoms with E-state index in [1.807, 2.05) is 37.3 Å². The van der Waals surface area contributed by atoms with Gasteiger partial charge in [-0.05, 0) is 24.6 Å². The Balaban J connectivity index is 2.16. The van der Waals surface area contributed by atoms with Gasteiger partial charge in [0.2, 0.25) is 0 Å². The number of aryl methyl sites for hydroxylation is 1. The van der Waals surface area contributed by atoms with E-state index in [0.29, 0.717) is 16.9 Å². The summed E-state index contributed by atoms with van der Waals surface area (Å²) in [5.41, 5.74) is 8.87. The van der Waals surface area contributed by atoms with E-state index in [1.54, 1.807) is 12.5 Å². The number of nitrogens with two attached hydrogens (primary N) is 1. The highest BCUT2D eigenvalue weighted by Crippen LogP contribution is 2.33. The fourth-order valence-electron chi connectivity index (χ4n) is 2.31. The fourth-order valence-corrected chi connectivity index (χ4v) is 2.31. The number of pyridine rings is 1. The highest BCUT2D eigenvalue weighted by molar-refractivity contribution is 5.82. The molecule has 1 aromatic carbocycles. The molecule has 0 aliphatic heterocycles. The predicted molar refractivity (Wildman–Crippen MR) is 73.7 cm³/mol. The van der Waals surface area contributed by atoms with Crippen LogP contribution in [0, 0.1) is 6.92 Å². The molecule has 3 N–H and O–H groups in total. The van der Waals surface area contributed by atoms with Crippen LogP contribution in [0.2, 0.25) is 0 Å². The Morgan fingerprint density at radius 1 is 1.26 bits per heavy atom. The van der Waals surface area contributed by atoms with Crippen LogP contribution in [0.3, 0.4) is 0 Å². The van der Waals surface area contributed by atoms with Crippen molar-refractivity contribution in [1.29, 1.82) is 0 Å². The molecule has 0 saturated heterocycles. The lowest BCUT2D eigenvalue weighted by molar-refractivity contribution is 0.220. The molecule has 4 nitrogen and oxygen atoms in total. The van der Waals surface area contributed by atoms with Gasteiger partial charge in [-0.1, -0.05) is 18.2 Å². The van der Waals surface area contributed by atoms with Gasteiger partial charge in [-0.15, -0.1) is 0 Å². The molecule has 96 valence electrons. The quantitative estimate of drug-likeness (QED) is 0.737. The summed E-state index contributed by atoms with van der Waals surface area (Å²) in [4.78, 5) is 4.04. The standard InChI is InChI=1S/C15H14N2O2/c1-9-6-7-17-15(16)13(9)14(18)11-8-19-12-5-3-2-4-10(11)12/h2-8,14,18H,1H3,(H2,16,17). The first-order valence-electron chi connectivity index (χ1n) is 6.03. The average Bonchev–Trinajstić information content (AvgIpc) is 2.82. The first kappa shape index (κ1) is 11.7. The van der Waals surface area contributed by atoms with Crippen molar-refractivity contribution < 1.29 is 9.52 Å². The minimum atomic E-state index is -0.836. The summed E-state index contributed by atoms with van der Waals surface area (Å²) in [6, 6.07) is 9.42. The summed E-state index contributed by atoms with van der Waals surface area (Å²) in [6.45, 7) is 1.90. The SMILES string of the molecule is Cc1ccnc(N)c1C(O)c1coc2ccccc12. The number of nitrogens with zero attached hydrogens (tertiary/aromatic N) is 1. The molecule has 0 radical (unpaired) electrons. The first-order chi connectivity index (χ1) is 9.18. The molecule has 3 aromatic rings. The molecule has 0 bridgehead atoms. The van der Waals surface area contributed by atoms with Crippen LogP contribution in [0.4, 0.5) is 5.82 Å². The minimum absolute atomic E-state index is 0.345. The lowest BCUT2D eigenvalue weighted by Gasteiger charge is -2.14. The molecule has 2 heterocycles. The van der Waals surface area contributed by atoms with Crippen molar-refractivity contribution in [1.82, 2.24) is 4.98 Å². The molecule has 0 saturated carbocycles. The van der Waals surface area contributed by atoms with E-state index < -0.39 is 6.10 Å². The van der Waals surface area contributed by atoms with Crippen LogP contribution < -0.4 is 5.73 Å². The van der Waals surface area contributed by atoms with Crippen LogP contribution >= 0.6 is 0 Å². The van der Waals surface area contributed by atoms with Gasteiger partial charge in [0.15, 0.2) is 0 Å². The largest absolute Gasteiger partial charge is 0.464 e. The molecular formula is C15H14N2O2. The van der Waals surface area contributed by atoms with Crippen LogP contribution in [-0.4, -0.2) is 10.1 Å². The summed E-state index contributed by atoms with van der Waals surface area (Å²) in [5.74, 6) is 0.345. The van der Waals surface area contributed by atoms with Crippen LogP contribution in [0.25, 0.3) is 11.0 Å². The monoisotopic (exact) mass is 254 g/mol. The normalized spacial score (nSPS) is 12.7. The second-order valence-corrected chi connectivity index (χ2v) is 4.52. The number of hydrogen-bond donors (Lipinski definition) is 2. The predicted octanol–water partition coefficient (Wildman–Crippen LogP) is 2.80. The van der Waals surface area contributed by atoms with E-state index in [-0.39, 0.29) is 0 Å². The topological polar surface area (TPSA) is 72.3 Å². The Morgan fingerprint density at radius 2 is 2.05 bits per heavy atom. The van der Waals surface area contributed by atoms with Gasteiger partial charge in [-0.3, -0.25) is 0 Å². The van der Waals surface area contributed by atoms with Crippen molar-refractivity contribution in [3.63, 3.8) is 0 Å². The Morgan fingerprint density at radius 3 is 2.84 bits per heavy atom. The van der Waals surface area contributed by atoms with Crippen molar-refractivity contribution in [3.8, 4) is 0 Å². The molecule has 0 amide bonds. The lowest BCUT2D eigenvalue weighted by Crippen LogP contribution is -2.07. The highest BCUT2D eigenvalue weighted by Gasteiger charge is 2.20. The second-order valence-electron chi connectivity index (χ2n) is 4.52. The van der Waals surface area contributed by atoms with Gasteiger partial charge >= 0.3 is 0 Å². The fraction of sp³-hybridized carbons (Fsp3) is 0.133. The molecule has 19 heavy (non-hydrogen) atoms. The van der Waals surface area contributed by atoms with Crippen LogP contribution in [0.1, 0.15) is 22.8 Å². The summed E-state index contributed by atoms with van der Waals surface area (Å²) < 4.78 is 5.45. The van der Waals surface area contributed by atoms with Crippen molar-refractivity contribution in [3.05, 3.63) is 59.5 Å². The van der Waals surface area contributed by atoms with Crippen LogP contribution in [-0.2, 0) is 0 Å². The maximum Gasteiger partial charge on any atom is 0.134 e. The lowest BCUT2D eigenvalue weighted by atomic mass is 9.98. The van der Waals surface area contributed by atoms with Crippen molar-refractivity contribution in [2.75, 3.05) is 5.73 Å². The third kappa shape index (κ3) is 1.86. The molecular weight excluding hydrogens is 240 g/mol. The molecule has 2 aromatic heterocycles. The van der Waals surface area contributed by atoms with Gasteiger partial charge in [0.25, 0.3) is 0 Å². The van der Waals surface area contributed by atoms with E-state index in [0.717, 1.165) is 16.5 Å². The van der Waals surface area contributed by atoms with E-state index in [9.17, 15) is 5.11 Å². The molecule has 0 fully saturated rings.